The van der Waals surface area contributed by atoms with Crippen LogP contribution in [0.1, 0.15) is 0 Å². The van der Waals surface area contributed by atoms with Crippen molar-refractivity contribution in [1.29, 1.82) is 0 Å². The van der Waals surface area contributed by atoms with Crippen molar-refractivity contribution >= 4 is 11.6 Å². The Bertz CT molecular complexity index is 496. The third kappa shape index (κ3) is 2.85. The largest absolute Gasteiger partial charge is 0.322 e. The lowest BCUT2D eigenvalue weighted by Gasteiger charge is -2.03. The zero-order valence-corrected chi connectivity index (χ0v) is 9.13. The fraction of sp³-hybridized carbons (Fsp3) is 0.0833. The molecule has 0 aliphatic heterocycles. The number of hydrogen-bond donors (Lipinski definition) is 2. The Labute approximate surface area is 98.7 Å². The normalized spacial score (nSPS) is 9.94. The number of carbonyl (C=O) groups excluding carboxylic acids is 1. The molecule has 0 saturated carbocycles. The molecular weight excluding hydrogens is 216 g/mol. The molecule has 0 saturated heterocycles. The summed E-state index contributed by atoms with van der Waals surface area (Å²) in [6.07, 6.45) is 3.12. The van der Waals surface area contributed by atoms with Crippen LogP contribution >= 0.6 is 0 Å². The summed E-state index contributed by atoms with van der Waals surface area (Å²) in [5.74, 6) is 0.359. The molecule has 1 amide bonds. The molecule has 2 aromatic rings. The minimum Gasteiger partial charge on any atom is -0.322 e. The fourth-order valence-corrected chi connectivity index (χ4v) is 1.34. The molecule has 0 fully saturated rings. The van der Waals surface area contributed by atoms with E-state index in [4.69, 9.17) is 5.73 Å². The zero-order chi connectivity index (χ0) is 12.1. The highest BCUT2D eigenvalue weighted by Crippen LogP contribution is 2.14. The number of nitrogens with two attached hydrogens (primary N) is 1. The van der Waals surface area contributed by atoms with Gasteiger partial charge in [0.1, 0.15) is 0 Å². The maximum atomic E-state index is 11.0. The molecule has 0 bridgehead atoms. The summed E-state index contributed by atoms with van der Waals surface area (Å²) in [7, 11) is 0. The Kier molecular flexibility index (Phi) is 3.42. The molecular formula is C12H12N4O. The molecule has 1 heterocycles. The molecule has 0 atom stereocenters. The average Bonchev–Trinajstić information content (AvgIpc) is 2.40. The van der Waals surface area contributed by atoms with Gasteiger partial charge in [-0.3, -0.25) is 4.79 Å². The van der Waals surface area contributed by atoms with Crippen LogP contribution in [0.4, 0.5) is 5.69 Å². The van der Waals surface area contributed by atoms with E-state index in [-0.39, 0.29) is 12.5 Å². The van der Waals surface area contributed by atoms with Crippen LogP contribution in [-0.4, -0.2) is 22.4 Å². The monoisotopic (exact) mass is 228 g/mol. The molecule has 5 heteroatoms. The van der Waals surface area contributed by atoms with Gasteiger partial charge in [-0.2, -0.15) is 0 Å². The number of rotatable bonds is 3. The Morgan fingerprint density at radius 3 is 2.41 bits per heavy atom. The first kappa shape index (κ1) is 11.2. The molecule has 0 aliphatic rings. The number of carbonyl (C=O) groups is 1. The van der Waals surface area contributed by atoms with E-state index < -0.39 is 0 Å². The highest BCUT2D eigenvalue weighted by molar-refractivity contribution is 5.91. The van der Waals surface area contributed by atoms with Crippen molar-refractivity contribution in [2.24, 2.45) is 5.73 Å². The van der Waals surface area contributed by atoms with E-state index in [1.807, 2.05) is 30.3 Å². The number of nitrogens with one attached hydrogen (secondary N) is 1. The predicted octanol–water partition coefficient (Wildman–Crippen LogP) is 1.04. The first-order valence-electron chi connectivity index (χ1n) is 5.17. The van der Waals surface area contributed by atoms with Crippen LogP contribution in [0, 0.1) is 0 Å². The van der Waals surface area contributed by atoms with E-state index in [2.05, 4.69) is 15.3 Å². The predicted molar refractivity (Wildman–Crippen MR) is 65.2 cm³/mol. The van der Waals surface area contributed by atoms with E-state index in [0.717, 1.165) is 5.56 Å². The molecule has 17 heavy (non-hydrogen) atoms. The molecule has 0 radical (unpaired) electrons. The first-order valence-corrected chi connectivity index (χ1v) is 5.17. The number of benzene rings is 1. The van der Waals surface area contributed by atoms with Gasteiger partial charge >= 0.3 is 0 Å². The van der Waals surface area contributed by atoms with Crippen LogP contribution in [0.2, 0.25) is 0 Å². The van der Waals surface area contributed by atoms with Gasteiger partial charge in [0.2, 0.25) is 5.91 Å². The van der Waals surface area contributed by atoms with E-state index in [0.29, 0.717) is 11.5 Å². The van der Waals surface area contributed by atoms with Crippen molar-refractivity contribution in [3.63, 3.8) is 0 Å². The van der Waals surface area contributed by atoms with Gasteiger partial charge in [0.15, 0.2) is 5.82 Å². The van der Waals surface area contributed by atoms with Crippen LogP contribution in [0.3, 0.4) is 0 Å². The van der Waals surface area contributed by atoms with Gasteiger partial charge in [0, 0.05) is 5.56 Å². The summed E-state index contributed by atoms with van der Waals surface area (Å²) in [6.45, 7) is -0.0551. The quantitative estimate of drug-likeness (QED) is 0.822. The summed E-state index contributed by atoms with van der Waals surface area (Å²) in [5, 5.41) is 2.58. The maximum Gasteiger partial charge on any atom is 0.238 e. The van der Waals surface area contributed by atoms with Crippen LogP contribution in [0.15, 0.2) is 42.7 Å². The number of hydrogen-bond acceptors (Lipinski definition) is 4. The van der Waals surface area contributed by atoms with Gasteiger partial charge in [0.05, 0.1) is 24.6 Å². The molecule has 2 rings (SSSR count). The van der Waals surface area contributed by atoms with Gasteiger partial charge in [-0.05, 0) is 0 Å². The van der Waals surface area contributed by atoms with Gasteiger partial charge in [-0.15, -0.1) is 0 Å². The molecule has 3 N–H and O–H groups in total. The standard InChI is InChI=1S/C12H12N4O/c13-6-11(17)16-10-7-14-12(15-8-10)9-4-2-1-3-5-9/h1-5,7-8H,6,13H2,(H,16,17). The van der Waals surface area contributed by atoms with Crippen molar-refractivity contribution in [3.8, 4) is 11.4 Å². The van der Waals surface area contributed by atoms with Crippen molar-refractivity contribution in [2.75, 3.05) is 11.9 Å². The Morgan fingerprint density at radius 1 is 1.18 bits per heavy atom. The van der Waals surface area contributed by atoms with Crippen molar-refractivity contribution in [2.45, 2.75) is 0 Å². The van der Waals surface area contributed by atoms with Crippen molar-refractivity contribution in [1.82, 2.24) is 9.97 Å². The maximum absolute atomic E-state index is 11.0. The molecule has 86 valence electrons. The molecule has 0 spiro atoms. The second kappa shape index (κ2) is 5.18. The van der Waals surface area contributed by atoms with Crippen molar-refractivity contribution < 1.29 is 4.79 Å². The van der Waals surface area contributed by atoms with Gasteiger partial charge in [-0.25, -0.2) is 9.97 Å². The Hall–Kier alpha value is -2.27. The lowest BCUT2D eigenvalue weighted by molar-refractivity contribution is -0.114. The third-order valence-corrected chi connectivity index (χ3v) is 2.15. The SMILES string of the molecule is NCC(=O)Nc1cnc(-c2ccccc2)nc1. The highest BCUT2D eigenvalue weighted by Gasteiger charge is 2.02. The van der Waals surface area contributed by atoms with E-state index in [1.54, 1.807) is 12.4 Å². The Morgan fingerprint density at radius 2 is 1.82 bits per heavy atom. The molecule has 0 aliphatic carbocycles. The van der Waals surface area contributed by atoms with Gasteiger partial charge < -0.3 is 11.1 Å². The number of nitrogens with zero attached hydrogens (tertiary/aromatic N) is 2. The lowest BCUT2D eigenvalue weighted by Crippen LogP contribution is -2.21. The molecule has 1 aromatic heterocycles. The topological polar surface area (TPSA) is 80.9 Å². The molecule has 5 nitrogen and oxygen atoms in total. The molecule has 1 aromatic carbocycles. The lowest BCUT2D eigenvalue weighted by atomic mass is 10.2. The highest BCUT2D eigenvalue weighted by atomic mass is 16.1. The Balaban J connectivity index is 2.16. The fourth-order valence-electron chi connectivity index (χ4n) is 1.34. The second-order valence-electron chi connectivity index (χ2n) is 3.41. The summed E-state index contributed by atoms with van der Waals surface area (Å²) < 4.78 is 0. The van der Waals surface area contributed by atoms with Crippen molar-refractivity contribution in [3.05, 3.63) is 42.7 Å². The summed E-state index contributed by atoms with van der Waals surface area (Å²) in [6, 6.07) is 9.62. The van der Waals surface area contributed by atoms with Crippen LogP contribution in [0.25, 0.3) is 11.4 Å². The van der Waals surface area contributed by atoms with Crippen LogP contribution < -0.4 is 11.1 Å². The molecule has 0 unspecified atom stereocenters. The van der Waals surface area contributed by atoms with E-state index >= 15 is 0 Å². The smallest absolute Gasteiger partial charge is 0.238 e. The van der Waals surface area contributed by atoms with Gasteiger partial charge in [0.25, 0.3) is 0 Å². The second-order valence-corrected chi connectivity index (χ2v) is 3.41. The number of aromatic nitrogens is 2. The minimum atomic E-state index is -0.263. The van der Waals surface area contributed by atoms with E-state index in [9.17, 15) is 4.79 Å². The number of amides is 1. The summed E-state index contributed by atoms with van der Waals surface area (Å²) in [5.41, 5.74) is 6.66. The third-order valence-electron chi connectivity index (χ3n) is 2.15. The van der Waals surface area contributed by atoms with Crippen LogP contribution in [0.5, 0.6) is 0 Å². The van der Waals surface area contributed by atoms with E-state index in [1.165, 1.54) is 0 Å². The summed E-state index contributed by atoms with van der Waals surface area (Å²) >= 11 is 0. The first-order chi connectivity index (χ1) is 8.29. The minimum absolute atomic E-state index is 0.0551. The average molecular weight is 228 g/mol. The number of anilines is 1. The van der Waals surface area contributed by atoms with Crippen LogP contribution in [-0.2, 0) is 4.79 Å². The van der Waals surface area contributed by atoms with Gasteiger partial charge in [-0.1, -0.05) is 30.3 Å². The summed E-state index contributed by atoms with van der Waals surface area (Å²) in [4.78, 5) is 19.4. The zero-order valence-electron chi connectivity index (χ0n) is 9.13.